The maximum atomic E-state index is 11.8. The maximum Gasteiger partial charge on any atom is 0.287 e. The lowest BCUT2D eigenvalue weighted by atomic mass is 10.1. The smallest absolute Gasteiger partial charge is 0.287 e. The zero-order valence-corrected chi connectivity index (χ0v) is 12.8. The second-order valence-corrected chi connectivity index (χ2v) is 7.38. The summed E-state index contributed by atoms with van der Waals surface area (Å²) in [5.41, 5.74) is 0. The molecular formula is C10H11BrClNO5S. The van der Waals surface area contributed by atoms with E-state index in [0.29, 0.717) is 19.8 Å². The van der Waals surface area contributed by atoms with Crippen LogP contribution in [0.5, 0.6) is 0 Å². The summed E-state index contributed by atoms with van der Waals surface area (Å²) in [4.78, 5) is 11.5. The Morgan fingerprint density at radius 2 is 2.32 bits per heavy atom. The fraction of sp³-hybridized carbons (Fsp3) is 0.500. The van der Waals surface area contributed by atoms with E-state index in [1.165, 1.54) is 0 Å². The Labute approximate surface area is 123 Å². The lowest BCUT2D eigenvalue weighted by Gasteiger charge is -2.07. The standard InChI is InChI=1S/C10H11BrClNO5S/c11-9-8(19(12,15)16)3-7(18-9)10(14)13-4-6-1-2-17-5-6/h3,6H,1-2,4-5H2,(H,13,14). The fourth-order valence-electron chi connectivity index (χ4n) is 1.70. The number of halogens is 2. The van der Waals surface area contributed by atoms with Gasteiger partial charge in [-0.05, 0) is 22.4 Å². The third-order valence-corrected chi connectivity index (χ3v) is 4.90. The number of rotatable bonds is 4. The lowest BCUT2D eigenvalue weighted by molar-refractivity contribution is 0.0916. The van der Waals surface area contributed by atoms with Crippen molar-refractivity contribution in [2.24, 2.45) is 5.92 Å². The first kappa shape index (κ1) is 14.8. The van der Waals surface area contributed by atoms with Crippen LogP contribution in [-0.2, 0) is 13.8 Å². The van der Waals surface area contributed by atoms with Gasteiger partial charge in [-0.25, -0.2) is 8.42 Å². The van der Waals surface area contributed by atoms with Crippen molar-refractivity contribution < 1.29 is 22.4 Å². The third kappa shape index (κ3) is 3.71. The number of hydrogen-bond acceptors (Lipinski definition) is 5. The molecule has 0 spiro atoms. The zero-order valence-electron chi connectivity index (χ0n) is 9.69. The molecule has 106 valence electrons. The van der Waals surface area contributed by atoms with Crippen LogP contribution in [0.1, 0.15) is 17.0 Å². The Kier molecular flexibility index (Phi) is 4.54. The van der Waals surface area contributed by atoms with Crippen LogP contribution in [0.4, 0.5) is 0 Å². The minimum Gasteiger partial charge on any atom is -0.443 e. The van der Waals surface area contributed by atoms with E-state index >= 15 is 0 Å². The summed E-state index contributed by atoms with van der Waals surface area (Å²) in [6.45, 7) is 1.77. The van der Waals surface area contributed by atoms with Crippen LogP contribution in [0.3, 0.4) is 0 Å². The van der Waals surface area contributed by atoms with Gasteiger partial charge in [-0.3, -0.25) is 4.79 Å². The molecule has 0 radical (unpaired) electrons. The predicted molar refractivity (Wildman–Crippen MR) is 70.7 cm³/mol. The van der Waals surface area contributed by atoms with E-state index in [1.54, 1.807) is 0 Å². The number of carbonyl (C=O) groups excluding carboxylic acids is 1. The van der Waals surface area contributed by atoms with E-state index in [1.807, 2.05) is 0 Å². The fourth-order valence-corrected chi connectivity index (χ4v) is 3.73. The molecule has 1 aliphatic heterocycles. The summed E-state index contributed by atoms with van der Waals surface area (Å²) < 4.78 is 32.5. The van der Waals surface area contributed by atoms with Gasteiger partial charge in [-0.15, -0.1) is 0 Å². The molecule has 1 atom stereocenters. The molecule has 1 fully saturated rings. The van der Waals surface area contributed by atoms with Crippen molar-refractivity contribution in [1.29, 1.82) is 0 Å². The number of furan rings is 1. The van der Waals surface area contributed by atoms with Crippen molar-refractivity contribution in [2.75, 3.05) is 19.8 Å². The zero-order chi connectivity index (χ0) is 14.0. The number of ether oxygens (including phenoxy) is 1. The van der Waals surface area contributed by atoms with Crippen molar-refractivity contribution in [2.45, 2.75) is 11.3 Å². The summed E-state index contributed by atoms with van der Waals surface area (Å²) in [6, 6.07) is 1.09. The van der Waals surface area contributed by atoms with Gasteiger partial charge >= 0.3 is 0 Å². The summed E-state index contributed by atoms with van der Waals surface area (Å²) >= 11 is 2.91. The first-order valence-electron chi connectivity index (χ1n) is 5.48. The molecule has 0 bridgehead atoms. The van der Waals surface area contributed by atoms with Crippen LogP contribution in [0.25, 0.3) is 0 Å². The maximum absolute atomic E-state index is 11.8. The Morgan fingerprint density at radius 1 is 1.58 bits per heavy atom. The molecule has 1 aromatic rings. The Bertz CT molecular complexity index is 579. The van der Waals surface area contributed by atoms with Crippen LogP contribution in [0.15, 0.2) is 20.0 Å². The Hall–Kier alpha value is -0.570. The lowest BCUT2D eigenvalue weighted by Crippen LogP contribution is -2.29. The monoisotopic (exact) mass is 371 g/mol. The van der Waals surface area contributed by atoms with Crippen molar-refractivity contribution in [1.82, 2.24) is 5.32 Å². The van der Waals surface area contributed by atoms with Crippen LogP contribution in [0, 0.1) is 5.92 Å². The quantitative estimate of drug-likeness (QED) is 0.814. The van der Waals surface area contributed by atoms with Crippen LogP contribution >= 0.6 is 26.6 Å². The van der Waals surface area contributed by atoms with Crippen molar-refractivity contribution in [3.05, 3.63) is 16.5 Å². The Morgan fingerprint density at radius 3 is 2.84 bits per heavy atom. The molecule has 0 saturated carbocycles. The van der Waals surface area contributed by atoms with E-state index in [2.05, 4.69) is 21.2 Å². The average molecular weight is 373 g/mol. The van der Waals surface area contributed by atoms with Gasteiger partial charge in [0.1, 0.15) is 4.90 Å². The van der Waals surface area contributed by atoms with Gasteiger partial charge in [-0.1, -0.05) is 0 Å². The molecule has 2 heterocycles. The van der Waals surface area contributed by atoms with E-state index in [-0.39, 0.29) is 21.2 Å². The SMILES string of the molecule is O=C(NCC1CCOC1)c1cc(S(=O)(=O)Cl)c(Br)o1. The van der Waals surface area contributed by atoms with Crippen LogP contribution in [-0.4, -0.2) is 34.1 Å². The molecule has 0 aromatic carbocycles. The molecule has 1 saturated heterocycles. The van der Waals surface area contributed by atoms with Crippen molar-refractivity contribution in [3.8, 4) is 0 Å². The highest BCUT2D eigenvalue weighted by Gasteiger charge is 2.24. The van der Waals surface area contributed by atoms with Gasteiger partial charge in [0.15, 0.2) is 10.4 Å². The first-order chi connectivity index (χ1) is 8.88. The molecule has 6 nitrogen and oxygen atoms in total. The van der Waals surface area contributed by atoms with Gasteiger partial charge < -0.3 is 14.5 Å². The summed E-state index contributed by atoms with van der Waals surface area (Å²) in [7, 11) is 1.25. The minimum atomic E-state index is -3.95. The molecule has 1 aliphatic rings. The van der Waals surface area contributed by atoms with E-state index < -0.39 is 15.0 Å². The second kappa shape index (κ2) is 5.82. The van der Waals surface area contributed by atoms with E-state index in [9.17, 15) is 13.2 Å². The number of carbonyl (C=O) groups is 1. The summed E-state index contributed by atoms with van der Waals surface area (Å²) in [5.74, 6) is -0.317. The molecule has 1 N–H and O–H groups in total. The van der Waals surface area contributed by atoms with Crippen molar-refractivity contribution >= 4 is 41.6 Å². The molecule has 19 heavy (non-hydrogen) atoms. The molecule has 0 aliphatic carbocycles. The van der Waals surface area contributed by atoms with Crippen molar-refractivity contribution in [3.63, 3.8) is 0 Å². The molecule has 1 aromatic heterocycles. The molecular weight excluding hydrogens is 362 g/mol. The molecule has 2 rings (SSSR count). The number of nitrogens with one attached hydrogen (secondary N) is 1. The largest absolute Gasteiger partial charge is 0.443 e. The van der Waals surface area contributed by atoms with E-state index in [0.717, 1.165) is 12.5 Å². The highest BCUT2D eigenvalue weighted by atomic mass is 79.9. The number of amides is 1. The molecule has 1 unspecified atom stereocenters. The van der Waals surface area contributed by atoms with Gasteiger partial charge in [0.2, 0.25) is 0 Å². The average Bonchev–Trinajstić information content (AvgIpc) is 2.93. The summed E-state index contributed by atoms with van der Waals surface area (Å²) in [5, 5.41) is 2.66. The molecule has 9 heteroatoms. The highest BCUT2D eigenvalue weighted by Crippen LogP contribution is 2.28. The highest BCUT2D eigenvalue weighted by molar-refractivity contribution is 9.10. The number of hydrogen-bond donors (Lipinski definition) is 1. The van der Waals surface area contributed by atoms with Crippen LogP contribution in [0.2, 0.25) is 0 Å². The van der Waals surface area contributed by atoms with Gasteiger partial charge in [-0.2, -0.15) is 0 Å². The normalized spacial score (nSPS) is 19.6. The van der Waals surface area contributed by atoms with Gasteiger partial charge in [0.05, 0.1) is 6.61 Å². The van der Waals surface area contributed by atoms with Gasteiger partial charge in [0.25, 0.3) is 15.0 Å². The molecule has 1 amide bonds. The van der Waals surface area contributed by atoms with E-state index in [4.69, 9.17) is 19.8 Å². The van der Waals surface area contributed by atoms with Crippen LogP contribution < -0.4 is 5.32 Å². The topological polar surface area (TPSA) is 85.6 Å². The predicted octanol–water partition coefficient (Wildman–Crippen LogP) is 1.74. The third-order valence-electron chi connectivity index (χ3n) is 2.72. The first-order valence-corrected chi connectivity index (χ1v) is 8.58. The Balaban J connectivity index is 2.03. The van der Waals surface area contributed by atoms with Gasteiger partial charge in [0, 0.05) is 35.8 Å². The second-order valence-electron chi connectivity index (χ2n) is 4.13. The summed E-state index contributed by atoms with van der Waals surface area (Å²) in [6.07, 6.45) is 0.892. The minimum absolute atomic E-state index is 0.0863.